The van der Waals surface area contributed by atoms with Crippen molar-refractivity contribution >= 4 is 0 Å². The van der Waals surface area contributed by atoms with E-state index in [1.807, 2.05) is 20.8 Å². The molecule has 0 fully saturated rings. The summed E-state index contributed by atoms with van der Waals surface area (Å²) in [5, 5.41) is 0. The second-order valence-electron chi connectivity index (χ2n) is 4.03. The minimum absolute atomic E-state index is 0.0533. The van der Waals surface area contributed by atoms with Crippen LogP contribution in [0.25, 0.3) is 0 Å². The van der Waals surface area contributed by atoms with Gasteiger partial charge in [-0.1, -0.05) is 20.8 Å². The maximum absolute atomic E-state index is 12.4. The molecule has 72 valence electrons. The lowest BCUT2D eigenvalue weighted by Crippen LogP contribution is -2.17. The Morgan fingerprint density at radius 1 is 1.31 bits per heavy atom. The van der Waals surface area contributed by atoms with Crippen molar-refractivity contribution in [2.24, 2.45) is 5.41 Å². The van der Waals surface area contributed by atoms with Gasteiger partial charge in [0.15, 0.2) is 5.82 Å². The first-order valence-electron chi connectivity index (χ1n) is 4.08. The summed E-state index contributed by atoms with van der Waals surface area (Å²) in [7, 11) is 0. The summed E-state index contributed by atoms with van der Waals surface area (Å²) in [5.74, 6) is -0.455. The Morgan fingerprint density at radius 2 is 1.85 bits per heavy atom. The third-order valence-electron chi connectivity index (χ3n) is 1.23. The molecule has 0 aliphatic carbocycles. The zero-order chi connectivity index (χ0) is 9.90. The predicted octanol–water partition coefficient (Wildman–Crippen LogP) is 2.04. The number of aromatic nitrogens is 2. The Morgan fingerprint density at radius 3 is 2.31 bits per heavy atom. The Hall–Kier alpha value is -1.19. The van der Waals surface area contributed by atoms with Crippen molar-refractivity contribution in [3.8, 4) is 6.01 Å². The lowest BCUT2D eigenvalue weighted by atomic mass is 9.99. The maximum Gasteiger partial charge on any atom is 0.316 e. The van der Waals surface area contributed by atoms with Gasteiger partial charge >= 0.3 is 6.01 Å². The number of rotatable bonds is 2. The molecule has 0 aliphatic heterocycles. The molecule has 1 heterocycles. The lowest BCUT2D eigenvalue weighted by molar-refractivity contribution is 0.184. The molecule has 0 saturated heterocycles. The molecule has 0 saturated carbocycles. The summed E-state index contributed by atoms with van der Waals surface area (Å²) in [6, 6.07) is 0.219. The van der Waals surface area contributed by atoms with Crippen LogP contribution < -0.4 is 4.74 Å². The highest BCUT2D eigenvalue weighted by Gasteiger charge is 2.11. The van der Waals surface area contributed by atoms with Gasteiger partial charge in [0.25, 0.3) is 0 Å². The van der Waals surface area contributed by atoms with Gasteiger partial charge in [-0.15, -0.1) is 0 Å². The van der Waals surface area contributed by atoms with Gasteiger partial charge in [-0.2, -0.15) is 0 Å². The highest BCUT2D eigenvalue weighted by Crippen LogP contribution is 2.14. The molecule has 0 spiro atoms. The number of ether oxygens (including phenoxy) is 1. The van der Waals surface area contributed by atoms with Crippen LogP contribution in [0.5, 0.6) is 6.01 Å². The fraction of sp³-hybridized carbons (Fsp3) is 0.556. The van der Waals surface area contributed by atoms with E-state index in [0.717, 1.165) is 12.4 Å². The second kappa shape index (κ2) is 3.68. The molecule has 1 aromatic heterocycles. The van der Waals surface area contributed by atoms with Gasteiger partial charge in [0.1, 0.15) is 0 Å². The highest BCUT2D eigenvalue weighted by molar-refractivity contribution is 4.95. The number of halogens is 1. The molecule has 1 rings (SSSR count). The van der Waals surface area contributed by atoms with Gasteiger partial charge in [0.05, 0.1) is 19.0 Å². The molecule has 0 unspecified atom stereocenters. The van der Waals surface area contributed by atoms with Crippen molar-refractivity contribution in [1.29, 1.82) is 0 Å². The molecule has 3 nitrogen and oxygen atoms in total. The molecule has 0 amide bonds. The highest BCUT2D eigenvalue weighted by atomic mass is 19.1. The molecule has 4 heteroatoms. The first-order chi connectivity index (χ1) is 5.97. The molecular formula is C9H13FN2O. The van der Waals surface area contributed by atoms with Gasteiger partial charge < -0.3 is 4.74 Å². The third-order valence-corrected chi connectivity index (χ3v) is 1.23. The topological polar surface area (TPSA) is 35.0 Å². The van der Waals surface area contributed by atoms with Gasteiger partial charge in [0.2, 0.25) is 0 Å². The minimum Gasteiger partial charge on any atom is -0.463 e. The number of nitrogens with zero attached hydrogens (tertiary/aromatic N) is 2. The van der Waals surface area contributed by atoms with E-state index < -0.39 is 5.82 Å². The molecule has 0 N–H and O–H groups in total. The van der Waals surface area contributed by atoms with Crippen molar-refractivity contribution < 1.29 is 9.13 Å². The quantitative estimate of drug-likeness (QED) is 0.705. The predicted molar refractivity (Wildman–Crippen MR) is 46.9 cm³/mol. The van der Waals surface area contributed by atoms with Crippen LogP contribution in [0.2, 0.25) is 0 Å². The number of hydrogen-bond donors (Lipinski definition) is 0. The van der Waals surface area contributed by atoms with E-state index in [4.69, 9.17) is 4.74 Å². The molecule has 0 radical (unpaired) electrons. The van der Waals surface area contributed by atoms with Crippen molar-refractivity contribution in [3.63, 3.8) is 0 Å². The maximum atomic E-state index is 12.4. The van der Waals surface area contributed by atoms with Crippen molar-refractivity contribution in [2.75, 3.05) is 6.61 Å². The minimum atomic E-state index is -0.455. The summed E-state index contributed by atoms with van der Waals surface area (Å²) in [6.07, 6.45) is 2.18. The van der Waals surface area contributed by atoms with Gasteiger partial charge in [0, 0.05) is 0 Å². The zero-order valence-corrected chi connectivity index (χ0v) is 8.04. The van der Waals surface area contributed by atoms with E-state index >= 15 is 0 Å². The first kappa shape index (κ1) is 9.89. The SMILES string of the molecule is CC(C)(C)COc1ncc(F)cn1. The summed E-state index contributed by atoms with van der Waals surface area (Å²) in [4.78, 5) is 7.35. The summed E-state index contributed by atoms with van der Waals surface area (Å²) in [5.41, 5.74) is 0.0533. The molecule has 1 aromatic rings. The van der Waals surface area contributed by atoms with E-state index in [-0.39, 0.29) is 11.4 Å². The van der Waals surface area contributed by atoms with E-state index in [1.54, 1.807) is 0 Å². The Labute approximate surface area is 77.0 Å². The Balaban J connectivity index is 2.51. The van der Waals surface area contributed by atoms with E-state index in [1.165, 1.54) is 0 Å². The zero-order valence-electron chi connectivity index (χ0n) is 8.04. The molecule has 13 heavy (non-hydrogen) atoms. The monoisotopic (exact) mass is 184 g/mol. The van der Waals surface area contributed by atoms with Crippen LogP contribution in [0.3, 0.4) is 0 Å². The van der Waals surface area contributed by atoms with Gasteiger partial charge in [-0.3, -0.25) is 0 Å². The average Bonchev–Trinajstić information content (AvgIpc) is 2.02. The van der Waals surface area contributed by atoms with E-state index in [0.29, 0.717) is 6.61 Å². The van der Waals surface area contributed by atoms with E-state index in [9.17, 15) is 4.39 Å². The Kier molecular flexibility index (Phi) is 2.80. The molecular weight excluding hydrogens is 171 g/mol. The molecule has 0 bridgehead atoms. The van der Waals surface area contributed by atoms with Crippen LogP contribution in [-0.2, 0) is 0 Å². The second-order valence-corrected chi connectivity index (χ2v) is 4.03. The smallest absolute Gasteiger partial charge is 0.316 e. The third kappa shape index (κ3) is 3.83. The summed E-state index contributed by atoms with van der Waals surface area (Å²) in [6.45, 7) is 6.63. The fourth-order valence-electron chi connectivity index (χ4n) is 0.656. The van der Waals surface area contributed by atoms with Gasteiger partial charge in [-0.25, -0.2) is 14.4 Å². The van der Waals surface area contributed by atoms with Crippen LogP contribution in [0.1, 0.15) is 20.8 Å². The van der Waals surface area contributed by atoms with Crippen LogP contribution in [-0.4, -0.2) is 16.6 Å². The lowest BCUT2D eigenvalue weighted by Gasteiger charge is -2.17. The van der Waals surface area contributed by atoms with Gasteiger partial charge in [-0.05, 0) is 5.41 Å². The fourth-order valence-corrected chi connectivity index (χ4v) is 0.656. The first-order valence-corrected chi connectivity index (χ1v) is 4.08. The molecule has 0 aliphatic rings. The van der Waals surface area contributed by atoms with Crippen LogP contribution in [0.4, 0.5) is 4.39 Å². The van der Waals surface area contributed by atoms with Crippen LogP contribution in [0, 0.1) is 11.2 Å². The van der Waals surface area contributed by atoms with Crippen molar-refractivity contribution in [2.45, 2.75) is 20.8 Å². The Bertz CT molecular complexity index is 266. The normalized spacial score (nSPS) is 11.4. The number of hydrogen-bond acceptors (Lipinski definition) is 3. The van der Waals surface area contributed by atoms with Crippen molar-refractivity contribution in [3.05, 3.63) is 18.2 Å². The molecule has 0 atom stereocenters. The summed E-state index contributed by atoms with van der Waals surface area (Å²) >= 11 is 0. The van der Waals surface area contributed by atoms with Crippen LogP contribution in [0.15, 0.2) is 12.4 Å². The van der Waals surface area contributed by atoms with E-state index in [2.05, 4.69) is 9.97 Å². The van der Waals surface area contributed by atoms with Crippen LogP contribution >= 0.6 is 0 Å². The largest absolute Gasteiger partial charge is 0.463 e. The standard InChI is InChI=1S/C9H13FN2O/c1-9(2,3)6-13-8-11-4-7(10)5-12-8/h4-5H,6H2,1-3H3. The summed E-state index contributed by atoms with van der Waals surface area (Å²) < 4.78 is 17.6. The molecule has 0 aromatic carbocycles. The van der Waals surface area contributed by atoms with Crippen molar-refractivity contribution in [1.82, 2.24) is 9.97 Å². The average molecular weight is 184 g/mol.